The molecule has 1 fully saturated rings. The zero-order chi connectivity index (χ0) is 25.7. The number of ether oxygens (including phenoxy) is 1. The molecule has 1 saturated heterocycles. The Bertz CT molecular complexity index is 1360. The molecular weight excluding hydrogens is 470 g/mol. The minimum atomic E-state index is 0.361. The fraction of sp³-hybridized carbons (Fsp3) is 0.500. The van der Waals surface area contributed by atoms with Gasteiger partial charge in [0.25, 0.3) is 0 Å². The van der Waals surface area contributed by atoms with E-state index in [0.717, 1.165) is 58.9 Å². The molecule has 1 aromatic carbocycles. The number of aromatic nitrogens is 3. The van der Waals surface area contributed by atoms with Crippen LogP contribution in [0.4, 0.5) is 0 Å². The maximum absolute atomic E-state index is 5.59. The molecule has 3 aromatic heterocycles. The van der Waals surface area contributed by atoms with Gasteiger partial charge >= 0.3 is 0 Å². The molecule has 0 radical (unpaired) electrons. The van der Waals surface area contributed by atoms with Crippen LogP contribution in [0.25, 0.3) is 21.8 Å². The Labute approximate surface area is 226 Å². The molecule has 0 bridgehead atoms. The van der Waals surface area contributed by atoms with E-state index in [2.05, 4.69) is 63.8 Å². The molecule has 200 valence electrons. The van der Waals surface area contributed by atoms with E-state index >= 15 is 0 Å². The van der Waals surface area contributed by atoms with Crippen LogP contribution >= 0.6 is 0 Å². The Hall–Kier alpha value is -2.80. The van der Waals surface area contributed by atoms with Gasteiger partial charge in [0.2, 0.25) is 0 Å². The van der Waals surface area contributed by atoms with Gasteiger partial charge in [-0.3, -0.25) is 19.8 Å². The highest BCUT2D eigenvalue weighted by Crippen LogP contribution is 2.36. The number of unbranched alkanes of at least 4 members (excludes halogenated alkanes) is 2. The van der Waals surface area contributed by atoms with Gasteiger partial charge in [-0.15, -0.1) is 0 Å². The molecule has 0 N–H and O–H groups in total. The van der Waals surface area contributed by atoms with Crippen LogP contribution in [0, 0.1) is 0 Å². The molecule has 0 spiro atoms. The van der Waals surface area contributed by atoms with Gasteiger partial charge in [-0.1, -0.05) is 44.0 Å². The Morgan fingerprint density at radius 2 is 1.84 bits per heavy atom. The van der Waals surface area contributed by atoms with Crippen LogP contribution in [0.2, 0.25) is 0 Å². The van der Waals surface area contributed by atoms with Crippen molar-refractivity contribution >= 4 is 21.8 Å². The van der Waals surface area contributed by atoms with Crippen LogP contribution in [0.5, 0.6) is 0 Å². The summed E-state index contributed by atoms with van der Waals surface area (Å²) in [4.78, 5) is 15.2. The molecule has 1 atom stereocenters. The van der Waals surface area contributed by atoms with Gasteiger partial charge < -0.3 is 9.30 Å². The number of fused-ring (bicyclic) bond motifs is 4. The van der Waals surface area contributed by atoms with Gasteiger partial charge in [-0.25, -0.2) is 0 Å². The van der Waals surface area contributed by atoms with Crippen LogP contribution in [0.3, 0.4) is 0 Å². The highest BCUT2D eigenvalue weighted by atomic mass is 16.5. The van der Waals surface area contributed by atoms with Gasteiger partial charge in [-0.05, 0) is 56.0 Å². The summed E-state index contributed by atoms with van der Waals surface area (Å²) < 4.78 is 8.14. The predicted molar refractivity (Wildman–Crippen MR) is 154 cm³/mol. The topological polar surface area (TPSA) is 46.4 Å². The van der Waals surface area contributed by atoms with E-state index in [1.54, 1.807) is 0 Å². The molecule has 38 heavy (non-hydrogen) atoms. The molecule has 6 heteroatoms. The lowest BCUT2D eigenvalue weighted by Crippen LogP contribution is -2.38. The molecule has 6 nitrogen and oxygen atoms in total. The van der Waals surface area contributed by atoms with E-state index in [-0.39, 0.29) is 0 Å². The largest absolute Gasteiger partial charge is 0.379 e. The maximum atomic E-state index is 5.59. The average Bonchev–Trinajstić information content (AvgIpc) is 3.30. The number of hydrogen-bond acceptors (Lipinski definition) is 5. The van der Waals surface area contributed by atoms with Crippen LogP contribution < -0.4 is 0 Å². The second-order valence-corrected chi connectivity index (χ2v) is 10.9. The standard InChI is InChI=1S/C32H41N5O/c1-2-3-6-17-36(30-13-7-9-25-10-8-15-34-31(25)30)24-28-32-27(14-16-33-28)26-11-4-5-12-29(26)37(32)19-18-35-20-22-38-23-21-35/h4-5,8,10-12,14-16,30H,2-3,6-7,9,13,17-24H2,1H3/t30-/m0/s1. The molecule has 4 heterocycles. The number of morpholine rings is 1. The van der Waals surface area contributed by atoms with Gasteiger partial charge in [0.1, 0.15) is 0 Å². The number of aryl methyl sites for hydroxylation is 1. The first kappa shape index (κ1) is 25.5. The maximum Gasteiger partial charge on any atom is 0.0787 e. The number of hydrogen-bond donors (Lipinski definition) is 0. The van der Waals surface area contributed by atoms with E-state index in [0.29, 0.717) is 6.04 Å². The van der Waals surface area contributed by atoms with Crippen molar-refractivity contribution in [3.05, 3.63) is 71.8 Å². The van der Waals surface area contributed by atoms with Crippen molar-refractivity contribution in [3.8, 4) is 0 Å². The number of nitrogens with zero attached hydrogens (tertiary/aromatic N) is 5. The Morgan fingerprint density at radius 1 is 0.947 bits per heavy atom. The first-order valence-corrected chi connectivity index (χ1v) is 14.7. The van der Waals surface area contributed by atoms with Crippen molar-refractivity contribution in [3.63, 3.8) is 0 Å². The SMILES string of the molecule is CCCCCN(Cc1nccc2c3ccccc3n(CCN3CCOCC3)c12)[C@H]1CCCc2cccnc21. The Kier molecular flexibility index (Phi) is 8.00. The number of para-hydroxylation sites is 1. The lowest BCUT2D eigenvalue weighted by molar-refractivity contribution is 0.0366. The molecular formula is C32H41N5O. The number of rotatable bonds is 10. The van der Waals surface area contributed by atoms with Gasteiger partial charge in [0.15, 0.2) is 0 Å². The van der Waals surface area contributed by atoms with Gasteiger partial charge in [0.05, 0.1) is 36.2 Å². The molecule has 4 aromatic rings. The van der Waals surface area contributed by atoms with Crippen molar-refractivity contribution in [2.24, 2.45) is 0 Å². The average molecular weight is 512 g/mol. The molecule has 1 aliphatic carbocycles. The van der Waals surface area contributed by atoms with Crippen molar-refractivity contribution in [1.82, 2.24) is 24.3 Å². The summed E-state index contributed by atoms with van der Waals surface area (Å²) in [6.07, 6.45) is 11.2. The Morgan fingerprint density at radius 3 is 2.74 bits per heavy atom. The minimum Gasteiger partial charge on any atom is -0.379 e. The third-order valence-corrected chi connectivity index (χ3v) is 8.51. The lowest BCUT2D eigenvalue weighted by atomic mass is 9.90. The molecule has 6 rings (SSSR count). The number of benzene rings is 1. The van der Waals surface area contributed by atoms with E-state index < -0.39 is 0 Å². The summed E-state index contributed by atoms with van der Waals surface area (Å²) in [6, 6.07) is 15.8. The fourth-order valence-electron chi connectivity index (χ4n) is 6.53. The highest BCUT2D eigenvalue weighted by Gasteiger charge is 2.28. The minimum absolute atomic E-state index is 0.361. The molecule has 1 aliphatic heterocycles. The van der Waals surface area contributed by atoms with E-state index in [9.17, 15) is 0 Å². The van der Waals surface area contributed by atoms with Crippen LogP contribution in [0.15, 0.2) is 54.9 Å². The second kappa shape index (κ2) is 11.9. The lowest BCUT2D eigenvalue weighted by Gasteiger charge is -2.35. The van der Waals surface area contributed by atoms with Crippen molar-refractivity contribution < 1.29 is 4.74 Å². The quantitative estimate of drug-likeness (QED) is 0.245. The zero-order valence-corrected chi connectivity index (χ0v) is 22.8. The number of pyridine rings is 2. The Balaban J connectivity index is 1.38. The van der Waals surface area contributed by atoms with Crippen LogP contribution in [-0.2, 0) is 24.2 Å². The summed E-state index contributed by atoms with van der Waals surface area (Å²) in [6.45, 7) is 9.93. The zero-order valence-electron chi connectivity index (χ0n) is 22.8. The molecule has 0 saturated carbocycles. The van der Waals surface area contributed by atoms with Crippen molar-refractivity contribution in [2.45, 2.75) is 64.6 Å². The van der Waals surface area contributed by atoms with E-state index in [1.807, 2.05) is 12.4 Å². The van der Waals surface area contributed by atoms with Crippen molar-refractivity contribution in [2.75, 3.05) is 39.4 Å². The third kappa shape index (κ3) is 5.22. The first-order valence-electron chi connectivity index (χ1n) is 14.7. The smallest absolute Gasteiger partial charge is 0.0787 e. The van der Waals surface area contributed by atoms with Crippen molar-refractivity contribution in [1.29, 1.82) is 0 Å². The normalized spacial score (nSPS) is 18.4. The van der Waals surface area contributed by atoms with E-state index in [1.165, 1.54) is 70.9 Å². The van der Waals surface area contributed by atoms with Gasteiger partial charge in [0, 0.05) is 61.4 Å². The predicted octanol–water partition coefficient (Wildman–Crippen LogP) is 5.99. The summed E-state index contributed by atoms with van der Waals surface area (Å²) in [5.41, 5.74) is 6.53. The van der Waals surface area contributed by atoms with Crippen LogP contribution in [0.1, 0.15) is 62.0 Å². The summed E-state index contributed by atoms with van der Waals surface area (Å²) >= 11 is 0. The van der Waals surface area contributed by atoms with Crippen LogP contribution in [-0.4, -0.2) is 63.7 Å². The third-order valence-electron chi connectivity index (χ3n) is 8.51. The fourth-order valence-corrected chi connectivity index (χ4v) is 6.53. The second-order valence-electron chi connectivity index (χ2n) is 10.9. The highest BCUT2D eigenvalue weighted by molar-refractivity contribution is 6.08. The molecule has 0 unspecified atom stereocenters. The summed E-state index contributed by atoms with van der Waals surface area (Å²) in [5.74, 6) is 0. The van der Waals surface area contributed by atoms with Gasteiger partial charge in [-0.2, -0.15) is 0 Å². The summed E-state index contributed by atoms with van der Waals surface area (Å²) in [5, 5.41) is 2.65. The molecule has 2 aliphatic rings. The molecule has 0 amide bonds. The summed E-state index contributed by atoms with van der Waals surface area (Å²) in [7, 11) is 0. The monoisotopic (exact) mass is 511 g/mol. The van der Waals surface area contributed by atoms with E-state index in [4.69, 9.17) is 14.7 Å². The first-order chi connectivity index (χ1) is 18.8.